The second-order valence-corrected chi connectivity index (χ2v) is 11.8. The normalized spacial score (nSPS) is 15.1. The number of fused-ring (bicyclic) bond motifs is 1. The number of nitrogens with one attached hydrogen (secondary N) is 1. The molecule has 18 heteroatoms. The van der Waals surface area contributed by atoms with Crippen molar-refractivity contribution in [1.82, 2.24) is 34.6 Å². The zero-order chi connectivity index (χ0) is 35.1. The number of piperazine rings is 1. The fourth-order valence-electron chi connectivity index (χ4n) is 5.53. The first-order valence-electron chi connectivity index (χ1n) is 14.8. The van der Waals surface area contributed by atoms with Crippen molar-refractivity contribution in [2.24, 2.45) is 0 Å². The van der Waals surface area contributed by atoms with Gasteiger partial charge < -0.3 is 29.7 Å². The zero-order valence-corrected chi connectivity index (χ0v) is 27.4. The predicted octanol–water partition coefficient (Wildman–Crippen LogP) is 3.28. The molecule has 5 rings (SSSR count). The van der Waals surface area contributed by atoms with Gasteiger partial charge in [-0.15, -0.1) is 10.2 Å². The number of benzene rings is 1. The van der Waals surface area contributed by atoms with E-state index in [1.54, 1.807) is 32.8 Å². The second kappa shape index (κ2) is 13.2. The highest BCUT2D eigenvalue weighted by Crippen LogP contribution is 2.34. The molecule has 0 bridgehead atoms. The monoisotopic (exact) mass is 688 g/mol. The Labute approximate surface area is 277 Å². The summed E-state index contributed by atoms with van der Waals surface area (Å²) < 4.78 is 40.9. The minimum Gasteiger partial charge on any atom is -0.504 e. The highest BCUT2D eigenvalue weighted by Gasteiger charge is 2.34. The fourth-order valence-corrected chi connectivity index (χ4v) is 5.76. The van der Waals surface area contributed by atoms with Crippen molar-refractivity contribution in [3.8, 4) is 5.75 Å². The number of carbonyl (C=O) groups is 2. The van der Waals surface area contributed by atoms with Crippen LogP contribution in [-0.4, -0.2) is 91.3 Å². The molecule has 1 aliphatic rings. The van der Waals surface area contributed by atoms with E-state index in [1.165, 1.54) is 15.8 Å². The molecule has 1 saturated heterocycles. The lowest BCUT2D eigenvalue weighted by Gasteiger charge is -2.41. The summed E-state index contributed by atoms with van der Waals surface area (Å²) in [6.45, 7) is 5.37. The van der Waals surface area contributed by atoms with E-state index in [2.05, 4.69) is 30.5 Å². The van der Waals surface area contributed by atoms with Crippen LogP contribution in [0.15, 0.2) is 29.3 Å². The number of carbonyl (C=O) groups excluding carboxylic acids is 2. The minimum absolute atomic E-state index is 0.0308. The third kappa shape index (κ3) is 6.54. The highest BCUT2D eigenvalue weighted by molar-refractivity contribution is 6.33. The largest absolute Gasteiger partial charge is 0.504 e. The Hall–Kier alpha value is -5.06. The summed E-state index contributed by atoms with van der Waals surface area (Å²) in [6, 6.07) is 2.19. The number of hydrogen-bond acceptors (Lipinski definition) is 11. The van der Waals surface area contributed by atoms with Crippen LogP contribution in [0.4, 0.5) is 30.5 Å². The number of aromatic hydroxyl groups is 1. The topological polar surface area (TPSA) is 163 Å². The number of halogens is 4. The molecule has 254 valence electrons. The molecule has 1 aromatic carbocycles. The summed E-state index contributed by atoms with van der Waals surface area (Å²) in [5.41, 5.74) is -0.613. The maximum absolute atomic E-state index is 14.2. The number of hydrogen-bond donors (Lipinski definition) is 2. The summed E-state index contributed by atoms with van der Waals surface area (Å²) in [7, 11) is 3.36. The number of alkyl halides is 3. The molecule has 0 aliphatic carbocycles. The van der Waals surface area contributed by atoms with E-state index in [1.807, 2.05) is 11.8 Å². The van der Waals surface area contributed by atoms with Gasteiger partial charge in [0.05, 0.1) is 22.0 Å². The second-order valence-electron chi connectivity index (χ2n) is 11.4. The number of pyridine rings is 1. The molecule has 1 atom stereocenters. The van der Waals surface area contributed by atoms with Crippen LogP contribution in [0.25, 0.3) is 11.2 Å². The molecule has 14 nitrogen and oxygen atoms in total. The van der Waals surface area contributed by atoms with Crippen LogP contribution in [0, 0.1) is 6.92 Å². The number of aryl methyl sites for hydroxylation is 1. The Morgan fingerprint density at radius 2 is 1.90 bits per heavy atom. The van der Waals surface area contributed by atoms with E-state index in [4.69, 9.17) is 11.6 Å². The first-order chi connectivity index (χ1) is 22.6. The van der Waals surface area contributed by atoms with Gasteiger partial charge in [-0.2, -0.15) is 13.2 Å². The van der Waals surface area contributed by atoms with Crippen molar-refractivity contribution in [1.29, 1.82) is 0 Å². The van der Waals surface area contributed by atoms with Gasteiger partial charge in [-0.05, 0) is 38.5 Å². The van der Waals surface area contributed by atoms with E-state index >= 15 is 0 Å². The molecule has 3 aromatic heterocycles. The van der Waals surface area contributed by atoms with Gasteiger partial charge in [-0.3, -0.25) is 14.4 Å². The van der Waals surface area contributed by atoms with Gasteiger partial charge in [0, 0.05) is 45.5 Å². The molecule has 0 radical (unpaired) electrons. The van der Waals surface area contributed by atoms with Crippen LogP contribution < -0.4 is 20.5 Å². The van der Waals surface area contributed by atoms with Crippen molar-refractivity contribution >= 4 is 51.9 Å². The van der Waals surface area contributed by atoms with Gasteiger partial charge in [-0.1, -0.05) is 18.5 Å². The molecule has 1 aliphatic heterocycles. The van der Waals surface area contributed by atoms with Gasteiger partial charge in [0.15, 0.2) is 22.6 Å². The SMILES string of the molecule is CCc1c(N2CCN(C(=O)c3ncnc(C)c3O)C[C@@H]2C)c(=O)c2nc(N(C)C)nnc2n1CC(=O)Nc1ccc(C(F)(F)F)cc1Cl. The Morgan fingerprint density at radius 1 is 1.17 bits per heavy atom. The van der Waals surface area contributed by atoms with E-state index in [0.717, 1.165) is 18.2 Å². The lowest BCUT2D eigenvalue weighted by atomic mass is 10.1. The maximum Gasteiger partial charge on any atom is 0.416 e. The van der Waals surface area contributed by atoms with E-state index in [-0.39, 0.29) is 76.7 Å². The summed E-state index contributed by atoms with van der Waals surface area (Å²) in [5.74, 6) is -1.28. The lowest BCUT2D eigenvalue weighted by Crippen LogP contribution is -2.55. The first kappa shape index (κ1) is 34.3. The molecule has 2 amide bonds. The third-order valence-corrected chi connectivity index (χ3v) is 8.27. The number of amides is 2. The molecular formula is C30H32ClF3N10O4. The summed E-state index contributed by atoms with van der Waals surface area (Å²) in [4.78, 5) is 58.1. The van der Waals surface area contributed by atoms with Crippen molar-refractivity contribution in [3.63, 3.8) is 0 Å². The first-order valence-corrected chi connectivity index (χ1v) is 15.2. The Balaban J connectivity index is 1.53. The fraction of sp³-hybridized carbons (Fsp3) is 0.400. The van der Waals surface area contributed by atoms with Gasteiger partial charge in [-0.25, -0.2) is 15.0 Å². The van der Waals surface area contributed by atoms with Crippen LogP contribution >= 0.6 is 11.6 Å². The van der Waals surface area contributed by atoms with Crippen LogP contribution in [0.5, 0.6) is 5.75 Å². The zero-order valence-electron chi connectivity index (χ0n) is 26.6. The van der Waals surface area contributed by atoms with Gasteiger partial charge in [0.2, 0.25) is 17.3 Å². The molecule has 4 aromatic rings. The van der Waals surface area contributed by atoms with E-state index < -0.39 is 41.6 Å². The van der Waals surface area contributed by atoms with Crippen LogP contribution in [0.2, 0.25) is 5.02 Å². The number of aromatic nitrogens is 6. The van der Waals surface area contributed by atoms with Crippen LogP contribution in [0.3, 0.4) is 0 Å². The third-order valence-electron chi connectivity index (χ3n) is 7.96. The highest BCUT2D eigenvalue weighted by atomic mass is 35.5. The lowest BCUT2D eigenvalue weighted by molar-refractivity contribution is -0.137. The van der Waals surface area contributed by atoms with Crippen LogP contribution in [0.1, 0.15) is 41.3 Å². The summed E-state index contributed by atoms with van der Waals surface area (Å²) in [6.07, 6.45) is -3.14. The van der Waals surface area contributed by atoms with Gasteiger partial charge >= 0.3 is 6.18 Å². The summed E-state index contributed by atoms with van der Waals surface area (Å²) >= 11 is 6.08. The van der Waals surface area contributed by atoms with Crippen molar-refractivity contribution in [3.05, 3.63) is 62.4 Å². The quantitative estimate of drug-likeness (QED) is 0.293. The van der Waals surface area contributed by atoms with Crippen molar-refractivity contribution < 1.29 is 27.9 Å². The summed E-state index contributed by atoms with van der Waals surface area (Å²) in [5, 5.41) is 21.0. The predicted molar refractivity (Wildman–Crippen MR) is 172 cm³/mol. The Bertz CT molecular complexity index is 1970. The number of anilines is 3. The molecular weight excluding hydrogens is 657 g/mol. The maximum atomic E-state index is 14.2. The number of nitrogens with zero attached hydrogens (tertiary/aromatic N) is 9. The number of rotatable bonds is 7. The minimum atomic E-state index is -4.61. The van der Waals surface area contributed by atoms with Crippen molar-refractivity contribution in [2.45, 2.75) is 46.0 Å². The van der Waals surface area contributed by atoms with Gasteiger partial charge in [0.25, 0.3) is 5.91 Å². The smallest absolute Gasteiger partial charge is 0.416 e. The van der Waals surface area contributed by atoms with E-state index in [9.17, 15) is 32.7 Å². The molecule has 4 heterocycles. The van der Waals surface area contributed by atoms with Gasteiger partial charge in [0.1, 0.15) is 18.6 Å². The molecule has 0 unspecified atom stereocenters. The molecule has 1 fully saturated rings. The average molecular weight is 689 g/mol. The molecule has 0 spiro atoms. The Kier molecular flexibility index (Phi) is 9.44. The Morgan fingerprint density at radius 3 is 2.52 bits per heavy atom. The average Bonchev–Trinajstić information content (AvgIpc) is 3.03. The molecule has 2 N–H and O–H groups in total. The molecule has 0 saturated carbocycles. The van der Waals surface area contributed by atoms with Crippen LogP contribution in [-0.2, 0) is 23.9 Å². The van der Waals surface area contributed by atoms with Crippen molar-refractivity contribution in [2.75, 3.05) is 48.8 Å². The molecule has 48 heavy (non-hydrogen) atoms. The van der Waals surface area contributed by atoms with E-state index in [0.29, 0.717) is 5.69 Å². The standard InChI is InChI=1S/C30H32ClF3N10O4/c1-6-20-24(43-10-9-42(12-15(43)2)28(48)23-25(46)16(3)35-14-36-23)26(47)22-27(39-40-29(38-22)41(4)5)44(20)13-21(45)37-19-8-7-17(11-18(19)31)30(32,33)34/h7-8,11,14-15,46H,6,9-10,12-13H2,1-5H3,(H,37,45)/t15-/m0/s1.